The number of hydrogen-bond donors (Lipinski definition) is 1. The van der Waals surface area contributed by atoms with Gasteiger partial charge in [0.25, 0.3) is 0 Å². The number of carbonyl (C=O) groups excluding carboxylic acids is 1. The maximum absolute atomic E-state index is 12.2. The number of aryl methyl sites for hydroxylation is 1. The van der Waals surface area contributed by atoms with Crippen LogP contribution in [-0.2, 0) is 17.8 Å². The summed E-state index contributed by atoms with van der Waals surface area (Å²) >= 11 is 2.71. The molecule has 0 aliphatic carbocycles. The molecule has 134 valence electrons. The minimum Gasteiger partial charge on any atom is -0.300 e. The van der Waals surface area contributed by atoms with E-state index in [0.717, 1.165) is 22.8 Å². The Hall–Kier alpha value is -2.52. The molecular formula is C17H18N6OS2. The van der Waals surface area contributed by atoms with Crippen LogP contribution in [0.2, 0.25) is 0 Å². The molecular weight excluding hydrogens is 368 g/mol. The fourth-order valence-electron chi connectivity index (χ4n) is 2.22. The maximum atomic E-state index is 12.2. The molecule has 7 nitrogen and oxygen atoms in total. The van der Waals surface area contributed by atoms with Gasteiger partial charge in [-0.05, 0) is 6.42 Å². The summed E-state index contributed by atoms with van der Waals surface area (Å²) in [6.07, 6.45) is 2.59. The van der Waals surface area contributed by atoms with Crippen LogP contribution < -0.4 is 5.32 Å². The molecule has 0 unspecified atom stereocenters. The van der Waals surface area contributed by atoms with Gasteiger partial charge in [0.05, 0.1) is 5.75 Å². The molecule has 3 aromatic rings. The van der Waals surface area contributed by atoms with Gasteiger partial charge in [0, 0.05) is 12.1 Å². The van der Waals surface area contributed by atoms with Crippen molar-refractivity contribution in [2.75, 3.05) is 11.1 Å². The van der Waals surface area contributed by atoms with Gasteiger partial charge in [-0.2, -0.15) is 0 Å². The van der Waals surface area contributed by atoms with Crippen molar-refractivity contribution < 1.29 is 4.79 Å². The molecule has 0 radical (unpaired) electrons. The zero-order chi connectivity index (χ0) is 18.4. The van der Waals surface area contributed by atoms with Crippen molar-refractivity contribution in [3.05, 3.63) is 48.0 Å². The molecule has 1 N–H and O–H groups in total. The van der Waals surface area contributed by atoms with Crippen molar-refractivity contribution in [1.82, 2.24) is 25.0 Å². The fourth-order valence-corrected chi connectivity index (χ4v) is 3.67. The molecule has 1 aromatic carbocycles. The normalized spacial score (nSPS) is 10.7. The van der Waals surface area contributed by atoms with Crippen LogP contribution in [0.25, 0.3) is 11.4 Å². The first-order valence-corrected chi connectivity index (χ1v) is 9.86. The van der Waals surface area contributed by atoms with Crippen molar-refractivity contribution in [2.45, 2.75) is 25.0 Å². The van der Waals surface area contributed by atoms with Crippen LogP contribution in [0.5, 0.6) is 0 Å². The molecule has 26 heavy (non-hydrogen) atoms. The fraction of sp³-hybridized carbons (Fsp3) is 0.235. The Bertz CT molecular complexity index is 890. The highest BCUT2D eigenvalue weighted by Gasteiger charge is 2.15. The Morgan fingerprint density at radius 3 is 2.77 bits per heavy atom. The van der Waals surface area contributed by atoms with E-state index in [0.29, 0.717) is 16.8 Å². The van der Waals surface area contributed by atoms with Crippen LogP contribution in [-0.4, -0.2) is 36.6 Å². The highest BCUT2D eigenvalue weighted by molar-refractivity contribution is 7.99. The van der Waals surface area contributed by atoms with Gasteiger partial charge in [-0.3, -0.25) is 14.7 Å². The van der Waals surface area contributed by atoms with Crippen molar-refractivity contribution in [2.24, 2.45) is 0 Å². The molecule has 0 fully saturated rings. The van der Waals surface area contributed by atoms with Gasteiger partial charge in [-0.25, -0.2) is 0 Å². The van der Waals surface area contributed by atoms with Gasteiger partial charge in [-0.15, -0.1) is 27.0 Å². The first-order chi connectivity index (χ1) is 12.7. The number of allylic oxidation sites excluding steroid dienone is 1. The Balaban J connectivity index is 1.68. The topological polar surface area (TPSA) is 85.6 Å². The highest BCUT2D eigenvalue weighted by atomic mass is 32.2. The highest BCUT2D eigenvalue weighted by Crippen LogP contribution is 2.24. The van der Waals surface area contributed by atoms with Gasteiger partial charge in [0.15, 0.2) is 11.0 Å². The summed E-state index contributed by atoms with van der Waals surface area (Å²) in [6.45, 7) is 6.36. The molecule has 0 spiro atoms. The second kappa shape index (κ2) is 8.72. The second-order valence-corrected chi connectivity index (χ2v) is 7.27. The average Bonchev–Trinajstić information content (AvgIpc) is 3.28. The van der Waals surface area contributed by atoms with Crippen molar-refractivity contribution >= 4 is 34.1 Å². The summed E-state index contributed by atoms with van der Waals surface area (Å²) in [4.78, 5) is 12.2. The number of rotatable bonds is 8. The quantitative estimate of drug-likeness (QED) is 0.472. The third-order valence-electron chi connectivity index (χ3n) is 3.41. The number of nitrogens with zero attached hydrogens (tertiary/aromatic N) is 5. The van der Waals surface area contributed by atoms with E-state index in [-0.39, 0.29) is 11.7 Å². The van der Waals surface area contributed by atoms with Gasteiger partial charge in [-0.1, -0.05) is 66.4 Å². The van der Waals surface area contributed by atoms with Crippen LogP contribution in [0.1, 0.15) is 11.9 Å². The lowest BCUT2D eigenvalue weighted by Gasteiger charge is -2.07. The summed E-state index contributed by atoms with van der Waals surface area (Å²) in [5.74, 6) is 0.818. The van der Waals surface area contributed by atoms with Crippen LogP contribution in [0.4, 0.5) is 5.13 Å². The third-order valence-corrected chi connectivity index (χ3v) is 5.36. The first-order valence-electron chi connectivity index (χ1n) is 8.05. The number of amides is 1. The van der Waals surface area contributed by atoms with Crippen molar-refractivity contribution in [3.63, 3.8) is 0 Å². The third kappa shape index (κ3) is 4.36. The molecule has 3 rings (SSSR count). The summed E-state index contributed by atoms with van der Waals surface area (Å²) in [6, 6.07) is 9.82. The van der Waals surface area contributed by atoms with E-state index in [1.165, 1.54) is 23.1 Å². The molecule has 0 atom stereocenters. The SMILES string of the molecule is C=CCn1c(SCC(=O)Nc2nnc(CC)s2)nnc1-c1ccccc1. The Morgan fingerprint density at radius 1 is 1.27 bits per heavy atom. The number of thioether (sulfide) groups is 1. The van der Waals surface area contributed by atoms with E-state index in [9.17, 15) is 4.79 Å². The van der Waals surface area contributed by atoms with E-state index in [2.05, 4.69) is 32.3 Å². The van der Waals surface area contributed by atoms with E-state index < -0.39 is 0 Å². The molecule has 0 saturated carbocycles. The maximum Gasteiger partial charge on any atom is 0.236 e. The smallest absolute Gasteiger partial charge is 0.236 e. The number of benzene rings is 1. The summed E-state index contributed by atoms with van der Waals surface area (Å²) in [5, 5.41) is 21.3. The molecule has 0 saturated heterocycles. The zero-order valence-electron chi connectivity index (χ0n) is 14.3. The summed E-state index contributed by atoms with van der Waals surface area (Å²) < 4.78 is 1.94. The Kier molecular flexibility index (Phi) is 6.13. The van der Waals surface area contributed by atoms with Crippen LogP contribution >= 0.6 is 23.1 Å². The lowest BCUT2D eigenvalue weighted by atomic mass is 10.2. The summed E-state index contributed by atoms with van der Waals surface area (Å²) in [7, 11) is 0. The average molecular weight is 387 g/mol. The van der Waals surface area contributed by atoms with Crippen LogP contribution in [0.15, 0.2) is 48.1 Å². The predicted octanol–water partition coefficient (Wildman–Crippen LogP) is 3.28. The predicted molar refractivity (Wildman–Crippen MR) is 104 cm³/mol. The van der Waals surface area contributed by atoms with Gasteiger partial charge < -0.3 is 0 Å². The number of carbonyl (C=O) groups is 1. The molecule has 0 aliphatic rings. The van der Waals surface area contributed by atoms with E-state index in [4.69, 9.17) is 0 Å². The van der Waals surface area contributed by atoms with Gasteiger partial charge in [0.1, 0.15) is 5.01 Å². The zero-order valence-corrected chi connectivity index (χ0v) is 15.9. The van der Waals surface area contributed by atoms with Crippen LogP contribution in [0.3, 0.4) is 0 Å². The largest absolute Gasteiger partial charge is 0.300 e. The molecule has 0 aliphatic heterocycles. The Labute approximate surface area is 159 Å². The molecule has 2 heterocycles. The van der Waals surface area contributed by atoms with E-state index in [1.54, 1.807) is 6.08 Å². The molecule has 0 bridgehead atoms. The van der Waals surface area contributed by atoms with Crippen molar-refractivity contribution in [1.29, 1.82) is 0 Å². The van der Waals surface area contributed by atoms with Crippen LogP contribution in [0, 0.1) is 0 Å². The minimum atomic E-state index is -0.150. The second-order valence-electron chi connectivity index (χ2n) is 5.26. The Morgan fingerprint density at radius 2 is 2.08 bits per heavy atom. The number of nitrogens with one attached hydrogen (secondary N) is 1. The number of aromatic nitrogens is 5. The van der Waals surface area contributed by atoms with Gasteiger partial charge >= 0.3 is 0 Å². The van der Waals surface area contributed by atoms with E-state index in [1.807, 2.05) is 41.8 Å². The van der Waals surface area contributed by atoms with Gasteiger partial charge in [0.2, 0.25) is 11.0 Å². The summed E-state index contributed by atoms with van der Waals surface area (Å²) in [5.41, 5.74) is 0.971. The lowest BCUT2D eigenvalue weighted by molar-refractivity contribution is -0.113. The van der Waals surface area contributed by atoms with Crippen molar-refractivity contribution in [3.8, 4) is 11.4 Å². The number of hydrogen-bond acceptors (Lipinski definition) is 7. The molecule has 9 heteroatoms. The lowest BCUT2D eigenvalue weighted by Crippen LogP contribution is -2.14. The first kappa shape index (κ1) is 18.3. The molecule has 2 aromatic heterocycles. The minimum absolute atomic E-state index is 0.150. The molecule has 1 amide bonds. The van der Waals surface area contributed by atoms with E-state index >= 15 is 0 Å². The number of anilines is 1. The monoisotopic (exact) mass is 386 g/mol. The standard InChI is InChI=1S/C17H18N6OS2/c1-3-10-23-15(12-8-6-5-7-9-12)20-22-17(23)25-11-13(24)18-16-21-19-14(4-2)26-16/h3,5-9H,1,4,10-11H2,2H3,(H,18,21,24).